The van der Waals surface area contributed by atoms with E-state index in [0.29, 0.717) is 18.0 Å². The van der Waals surface area contributed by atoms with Crippen molar-refractivity contribution in [3.05, 3.63) is 34.6 Å². The second-order valence-electron chi connectivity index (χ2n) is 3.98. The van der Waals surface area contributed by atoms with E-state index in [-0.39, 0.29) is 16.8 Å². The third kappa shape index (κ3) is 3.24. The Labute approximate surface area is 121 Å². The highest BCUT2D eigenvalue weighted by molar-refractivity contribution is 6.31. The van der Waals surface area contributed by atoms with Crippen LogP contribution in [0.25, 0.3) is 0 Å². The summed E-state index contributed by atoms with van der Waals surface area (Å²) in [6.07, 6.45) is -3.97. The number of nitrogens with two attached hydrogens (primary N) is 1. The van der Waals surface area contributed by atoms with E-state index in [4.69, 9.17) is 22.1 Å². The zero-order valence-corrected chi connectivity index (χ0v) is 11.2. The molecular formula is C11H8ClF3N4O2. The Morgan fingerprint density at radius 3 is 2.57 bits per heavy atom. The number of nitrogens with zero attached hydrogens (tertiary/aromatic N) is 3. The first kappa shape index (κ1) is 15.1. The van der Waals surface area contributed by atoms with Crippen molar-refractivity contribution in [2.45, 2.75) is 13.1 Å². The number of aryl methyl sites for hydroxylation is 1. The van der Waals surface area contributed by atoms with Gasteiger partial charge in [0.1, 0.15) is 5.02 Å². The largest absolute Gasteiger partial charge is 0.417 e. The maximum absolute atomic E-state index is 12.5. The Bertz CT molecular complexity index is 699. The Morgan fingerprint density at radius 1 is 1.43 bits per heavy atom. The highest BCUT2D eigenvalue weighted by atomic mass is 35.5. The van der Waals surface area contributed by atoms with E-state index in [0.717, 1.165) is 4.68 Å². The minimum Gasteiger partial charge on any atom is -0.417 e. The number of ether oxygens (including phenoxy) is 1. The molecule has 2 aromatic heterocycles. The lowest BCUT2D eigenvalue weighted by atomic mass is 10.3. The minimum atomic E-state index is -4.56. The summed E-state index contributed by atoms with van der Waals surface area (Å²) in [5.41, 5.74) is 4.45. The zero-order valence-electron chi connectivity index (χ0n) is 10.5. The molecule has 0 aliphatic rings. The lowest BCUT2D eigenvalue weighted by Crippen LogP contribution is -2.21. The molecule has 2 N–H and O–H groups in total. The second kappa shape index (κ2) is 5.24. The van der Waals surface area contributed by atoms with Crippen LogP contribution in [0.1, 0.15) is 11.3 Å². The Hall–Kier alpha value is -2.29. The zero-order chi connectivity index (χ0) is 15.8. The molecule has 0 aromatic carbocycles. The molecule has 0 fully saturated rings. The van der Waals surface area contributed by atoms with Gasteiger partial charge in [-0.2, -0.15) is 17.9 Å². The van der Waals surface area contributed by atoms with Gasteiger partial charge in [0.25, 0.3) is 0 Å². The number of hydrogen-bond acceptors (Lipinski definition) is 4. The normalized spacial score (nSPS) is 11.5. The molecular weight excluding hydrogens is 313 g/mol. The van der Waals surface area contributed by atoms with E-state index in [2.05, 4.69) is 10.1 Å². The molecule has 0 aliphatic carbocycles. The summed E-state index contributed by atoms with van der Waals surface area (Å²) in [5, 5.41) is 3.38. The molecule has 10 heteroatoms. The summed E-state index contributed by atoms with van der Waals surface area (Å²) < 4.78 is 43.4. The van der Waals surface area contributed by atoms with Crippen LogP contribution in [-0.2, 0) is 6.18 Å². The van der Waals surface area contributed by atoms with Crippen molar-refractivity contribution in [1.29, 1.82) is 0 Å². The van der Waals surface area contributed by atoms with E-state index in [9.17, 15) is 18.0 Å². The van der Waals surface area contributed by atoms with Crippen molar-refractivity contribution in [2.24, 2.45) is 5.73 Å². The number of pyridine rings is 1. The standard InChI is InChI=1S/C11H8ClF3N4O2/c1-5-2-8(18-19(5)10(16)20)21-9-7(12)3-6(4-17-9)11(13,14)15/h2-4H,1H3,(H2,16,20). The quantitative estimate of drug-likeness (QED) is 0.922. The summed E-state index contributed by atoms with van der Waals surface area (Å²) in [6, 6.07) is 1.22. The smallest absolute Gasteiger partial charge is 0.417 e. The molecule has 21 heavy (non-hydrogen) atoms. The SMILES string of the molecule is Cc1cc(Oc2ncc(C(F)(F)F)cc2Cl)nn1C(N)=O. The fourth-order valence-electron chi connectivity index (χ4n) is 1.47. The van der Waals surface area contributed by atoms with Crippen molar-refractivity contribution >= 4 is 17.6 Å². The van der Waals surface area contributed by atoms with Gasteiger partial charge in [-0.25, -0.2) is 9.78 Å². The molecule has 0 unspecified atom stereocenters. The first-order valence-corrected chi connectivity index (χ1v) is 5.83. The fraction of sp³-hybridized carbons (Fsp3) is 0.182. The number of carbonyl (C=O) groups excluding carboxylic acids is 1. The molecule has 0 saturated carbocycles. The lowest BCUT2D eigenvalue weighted by molar-refractivity contribution is -0.137. The van der Waals surface area contributed by atoms with Crippen LogP contribution in [0.2, 0.25) is 5.02 Å². The molecule has 0 aliphatic heterocycles. The number of aromatic nitrogens is 3. The second-order valence-corrected chi connectivity index (χ2v) is 4.39. The van der Waals surface area contributed by atoms with Gasteiger partial charge in [0, 0.05) is 12.3 Å². The maximum Gasteiger partial charge on any atom is 0.417 e. The van der Waals surface area contributed by atoms with Crippen LogP contribution in [0.15, 0.2) is 18.3 Å². The molecule has 0 saturated heterocycles. The predicted molar refractivity (Wildman–Crippen MR) is 66.3 cm³/mol. The van der Waals surface area contributed by atoms with Crippen molar-refractivity contribution in [1.82, 2.24) is 14.8 Å². The first-order chi connectivity index (χ1) is 9.68. The molecule has 1 amide bonds. The van der Waals surface area contributed by atoms with Gasteiger partial charge >= 0.3 is 12.2 Å². The van der Waals surface area contributed by atoms with Crippen LogP contribution < -0.4 is 10.5 Å². The molecule has 2 aromatic rings. The van der Waals surface area contributed by atoms with E-state index >= 15 is 0 Å². The molecule has 112 valence electrons. The van der Waals surface area contributed by atoms with Crippen LogP contribution >= 0.6 is 11.6 Å². The highest BCUT2D eigenvalue weighted by Crippen LogP contribution is 2.34. The Balaban J connectivity index is 2.28. The lowest BCUT2D eigenvalue weighted by Gasteiger charge is -2.08. The van der Waals surface area contributed by atoms with Gasteiger partial charge in [0.15, 0.2) is 0 Å². The summed E-state index contributed by atoms with van der Waals surface area (Å²) in [5.74, 6) is -0.334. The van der Waals surface area contributed by atoms with E-state index in [1.54, 1.807) is 6.92 Å². The summed E-state index contributed by atoms with van der Waals surface area (Å²) in [7, 11) is 0. The van der Waals surface area contributed by atoms with Gasteiger partial charge in [-0.1, -0.05) is 11.6 Å². The van der Waals surface area contributed by atoms with Crippen molar-refractivity contribution < 1.29 is 22.7 Å². The third-order valence-corrected chi connectivity index (χ3v) is 2.68. The first-order valence-electron chi connectivity index (χ1n) is 5.45. The van der Waals surface area contributed by atoms with Gasteiger partial charge in [-0.15, -0.1) is 5.10 Å². The molecule has 0 bridgehead atoms. The third-order valence-electron chi connectivity index (χ3n) is 2.41. The van der Waals surface area contributed by atoms with Crippen LogP contribution in [0.4, 0.5) is 18.0 Å². The topological polar surface area (TPSA) is 83.0 Å². The van der Waals surface area contributed by atoms with Crippen LogP contribution in [0.3, 0.4) is 0 Å². The molecule has 0 atom stereocenters. The average molecular weight is 321 g/mol. The number of alkyl halides is 3. The monoisotopic (exact) mass is 320 g/mol. The van der Waals surface area contributed by atoms with Gasteiger partial charge < -0.3 is 10.5 Å². The van der Waals surface area contributed by atoms with Gasteiger partial charge in [0.05, 0.1) is 11.3 Å². The fourth-order valence-corrected chi connectivity index (χ4v) is 1.68. The van der Waals surface area contributed by atoms with Crippen LogP contribution in [-0.4, -0.2) is 20.8 Å². The predicted octanol–water partition coefficient (Wildman–Crippen LogP) is 2.98. The Morgan fingerprint density at radius 2 is 2.10 bits per heavy atom. The maximum atomic E-state index is 12.5. The molecule has 0 spiro atoms. The van der Waals surface area contributed by atoms with Crippen molar-refractivity contribution in [3.63, 3.8) is 0 Å². The number of hydrogen-bond donors (Lipinski definition) is 1. The number of halogens is 4. The van der Waals surface area contributed by atoms with Gasteiger partial charge in [-0.05, 0) is 13.0 Å². The van der Waals surface area contributed by atoms with E-state index < -0.39 is 17.8 Å². The van der Waals surface area contributed by atoms with E-state index in [1.165, 1.54) is 6.07 Å². The summed E-state index contributed by atoms with van der Waals surface area (Å²) in [6.45, 7) is 1.55. The number of amides is 1. The average Bonchev–Trinajstić information content (AvgIpc) is 2.71. The van der Waals surface area contributed by atoms with E-state index in [1.807, 2.05) is 0 Å². The molecule has 2 rings (SSSR count). The number of carbonyl (C=O) groups is 1. The van der Waals surface area contributed by atoms with Gasteiger partial charge in [0.2, 0.25) is 11.8 Å². The Kier molecular flexibility index (Phi) is 3.77. The minimum absolute atomic E-state index is 0.0690. The van der Waals surface area contributed by atoms with Gasteiger partial charge in [-0.3, -0.25) is 0 Å². The number of rotatable bonds is 2. The van der Waals surface area contributed by atoms with Crippen molar-refractivity contribution in [2.75, 3.05) is 0 Å². The summed E-state index contributed by atoms with van der Waals surface area (Å²) in [4.78, 5) is 14.5. The highest BCUT2D eigenvalue weighted by Gasteiger charge is 2.31. The van der Waals surface area contributed by atoms with Crippen molar-refractivity contribution in [3.8, 4) is 11.8 Å². The van der Waals surface area contributed by atoms with Crippen LogP contribution in [0, 0.1) is 6.92 Å². The molecule has 0 radical (unpaired) electrons. The number of primary amides is 1. The summed E-state index contributed by atoms with van der Waals surface area (Å²) >= 11 is 5.68. The molecule has 6 nitrogen and oxygen atoms in total. The molecule has 2 heterocycles. The van der Waals surface area contributed by atoms with Crippen LogP contribution in [0.5, 0.6) is 11.8 Å².